The summed E-state index contributed by atoms with van der Waals surface area (Å²) in [5.74, 6) is -0.800. The third-order valence-electron chi connectivity index (χ3n) is 4.40. The molecule has 0 aromatic carbocycles. The number of hydrogen-bond donors (Lipinski definition) is 0. The lowest BCUT2D eigenvalue weighted by Crippen LogP contribution is -2.44. The Balaban J connectivity index is 4.38. The molecule has 0 amide bonds. The van der Waals surface area contributed by atoms with E-state index in [4.69, 9.17) is 14.2 Å². The molecule has 1 unspecified atom stereocenters. The van der Waals surface area contributed by atoms with Crippen molar-refractivity contribution >= 4 is 6.08 Å². The first kappa shape index (κ1) is 22.3. The standard InChI is InChI=1S/C18H35NO4/c1-5-6-7-8-9-10-13-17(14-11-12-15-19-16-20)18(21-2,22-3)23-4/h17H,5-15H2,1-4H3. The van der Waals surface area contributed by atoms with E-state index in [1.54, 1.807) is 27.4 Å². The molecule has 136 valence electrons. The smallest absolute Gasteiger partial charge is 0.285 e. The summed E-state index contributed by atoms with van der Waals surface area (Å²) in [7, 11) is 4.87. The molecule has 0 saturated heterocycles. The van der Waals surface area contributed by atoms with Crippen molar-refractivity contribution in [2.45, 2.75) is 77.1 Å². The Bertz CT molecular complexity index is 304. The minimum absolute atomic E-state index is 0.175. The lowest BCUT2D eigenvalue weighted by atomic mass is 9.92. The van der Waals surface area contributed by atoms with Crippen LogP contribution < -0.4 is 0 Å². The second-order valence-corrected chi connectivity index (χ2v) is 5.94. The Hall–Kier alpha value is -0.740. The topological polar surface area (TPSA) is 57.1 Å². The normalized spacial score (nSPS) is 12.9. The molecule has 23 heavy (non-hydrogen) atoms. The van der Waals surface area contributed by atoms with E-state index in [2.05, 4.69) is 11.9 Å². The van der Waals surface area contributed by atoms with Gasteiger partial charge in [0.1, 0.15) is 0 Å². The van der Waals surface area contributed by atoms with Gasteiger partial charge in [-0.2, -0.15) is 0 Å². The Morgan fingerprint density at radius 2 is 1.39 bits per heavy atom. The van der Waals surface area contributed by atoms with Gasteiger partial charge in [-0.1, -0.05) is 51.9 Å². The molecule has 0 aliphatic carbocycles. The number of ether oxygens (including phenoxy) is 3. The van der Waals surface area contributed by atoms with E-state index < -0.39 is 5.97 Å². The van der Waals surface area contributed by atoms with Gasteiger partial charge in [-0.15, -0.1) is 0 Å². The van der Waals surface area contributed by atoms with Crippen LogP contribution in [0.4, 0.5) is 0 Å². The lowest BCUT2D eigenvalue weighted by Gasteiger charge is -2.36. The summed E-state index contributed by atoms with van der Waals surface area (Å²) < 4.78 is 16.6. The fourth-order valence-electron chi connectivity index (χ4n) is 3.05. The van der Waals surface area contributed by atoms with Crippen LogP contribution in [0.2, 0.25) is 0 Å². The summed E-state index contributed by atoms with van der Waals surface area (Å²) in [6.45, 7) is 2.77. The van der Waals surface area contributed by atoms with Gasteiger partial charge in [0.2, 0.25) is 6.08 Å². The van der Waals surface area contributed by atoms with Gasteiger partial charge in [0.15, 0.2) is 0 Å². The van der Waals surface area contributed by atoms with E-state index in [-0.39, 0.29) is 5.92 Å². The van der Waals surface area contributed by atoms with Crippen LogP contribution in [0.3, 0.4) is 0 Å². The summed E-state index contributed by atoms with van der Waals surface area (Å²) in [5.41, 5.74) is 0. The third-order valence-corrected chi connectivity index (χ3v) is 4.40. The number of hydrogen-bond acceptors (Lipinski definition) is 5. The highest BCUT2D eigenvalue weighted by molar-refractivity contribution is 5.32. The van der Waals surface area contributed by atoms with E-state index in [1.165, 1.54) is 32.1 Å². The minimum atomic E-state index is -0.975. The highest BCUT2D eigenvalue weighted by atomic mass is 16.9. The number of isocyanates is 1. The molecule has 0 fully saturated rings. The highest BCUT2D eigenvalue weighted by Gasteiger charge is 2.39. The molecule has 0 aliphatic heterocycles. The zero-order valence-electron chi connectivity index (χ0n) is 15.4. The van der Waals surface area contributed by atoms with Crippen LogP contribution in [0.15, 0.2) is 4.99 Å². The predicted molar refractivity (Wildman–Crippen MR) is 92.1 cm³/mol. The molecule has 0 aromatic rings. The van der Waals surface area contributed by atoms with Crippen molar-refractivity contribution in [2.75, 3.05) is 27.9 Å². The van der Waals surface area contributed by atoms with Crippen molar-refractivity contribution in [3.63, 3.8) is 0 Å². The molecule has 5 heteroatoms. The molecule has 1 atom stereocenters. The third kappa shape index (κ3) is 9.21. The largest absolute Gasteiger partial charge is 0.331 e. The average Bonchev–Trinajstić information content (AvgIpc) is 2.58. The number of carbonyl (C=O) groups excluding carboxylic acids is 1. The maximum Gasteiger partial charge on any atom is 0.285 e. The Morgan fingerprint density at radius 3 is 1.91 bits per heavy atom. The van der Waals surface area contributed by atoms with E-state index in [0.717, 1.165) is 32.1 Å². The van der Waals surface area contributed by atoms with Crippen molar-refractivity contribution in [3.05, 3.63) is 0 Å². The lowest BCUT2D eigenvalue weighted by molar-refractivity contribution is -0.380. The van der Waals surface area contributed by atoms with Crippen LogP contribution in [0.5, 0.6) is 0 Å². The van der Waals surface area contributed by atoms with Gasteiger partial charge in [-0.25, -0.2) is 9.79 Å². The van der Waals surface area contributed by atoms with Gasteiger partial charge in [0.05, 0.1) is 6.54 Å². The molecule has 0 heterocycles. The number of nitrogens with zero attached hydrogens (tertiary/aromatic N) is 1. The first-order valence-corrected chi connectivity index (χ1v) is 8.89. The van der Waals surface area contributed by atoms with E-state index in [9.17, 15) is 4.79 Å². The van der Waals surface area contributed by atoms with Crippen molar-refractivity contribution in [2.24, 2.45) is 10.9 Å². The van der Waals surface area contributed by atoms with Crippen molar-refractivity contribution < 1.29 is 19.0 Å². The van der Waals surface area contributed by atoms with Gasteiger partial charge in [0, 0.05) is 27.2 Å². The summed E-state index contributed by atoms with van der Waals surface area (Å²) in [4.78, 5) is 13.7. The molecule has 5 nitrogen and oxygen atoms in total. The second-order valence-electron chi connectivity index (χ2n) is 5.94. The van der Waals surface area contributed by atoms with E-state index in [1.807, 2.05) is 0 Å². The summed E-state index contributed by atoms with van der Waals surface area (Å²) in [6, 6.07) is 0. The number of rotatable bonds is 16. The molecule has 0 aliphatic rings. The zero-order chi connectivity index (χ0) is 17.4. The van der Waals surface area contributed by atoms with Gasteiger partial charge in [0.25, 0.3) is 5.97 Å². The number of unbranched alkanes of at least 4 members (excludes halogenated alkanes) is 6. The van der Waals surface area contributed by atoms with Crippen LogP contribution in [-0.4, -0.2) is 39.9 Å². The Labute approximate surface area is 141 Å². The molecule has 0 rings (SSSR count). The summed E-state index contributed by atoms with van der Waals surface area (Å²) in [5, 5.41) is 0. The van der Waals surface area contributed by atoms with E-state index >= 15 is 0 Å². The Kier molecular flexibility index (Phi) is 14.4. The van der Waals surface area contributed by atoms with Crippen molar-refractivity contribution in [1.29, 1.82) is 0 Å². The van der Waals surface area contributed by atoms with Gasteiger partial charge >= 0.3 is 0 Å². The summed E-state index contributed by atoms with van der Waals surface area (Å²) >= 11 is 0. The highest BCUT2D eigenvalue weighted by Crippen LogP contribution is 2.32. The quantitative estimate of drug-likeness (QED) is 0.182. The molecular weight excluding hydrogens is 294 g/mol. The molecule has 0 N–H and O–H groups in total. The first-order chi connectivity index (χ1) is 11.2. The van der Waals surface area contributed by atoms with Crippen LogP contribution in [-0.2, 0) is 19.0 Å². The minimum Gasteiger partial charge on any atom is -0.331 e. The number of aliphatic imine (C=N–C) groups is 1. The van der Waals surface area contributed by atoms with Crippen LogP contribution >= 0.6 is 0 Å². The maximum absolute atomic E-state index is 10.1. The van der Waals surface area contributed by atoms with Crippen LogP contribution in [0.25, 0.3) is 0 Å². The van der Waals surface area contributed by atoms with E-state index in [0.29, 0.717) is 6.54 Å². The van der Waals surface area contributed by atoms with Crippen LogP contribution in [0.1, 0.15) is 71.1 Å². The first-order valence-electron chi connectivity index (χ1n) is 8.89. The SMILES string of the molecule is CCCCCCCCC(CCCCN=C=O)C(OC)(OC)OC. The zero-order valence-corrected chi connectivity index (χ0v) is 15.4. The fourth-order valence-corrected chi connectivity index (χ4v) is 3.05. The second kappa shape index (κ2) is 14.8. The molecule has 0 spiro atoms. The van der Waals surface area contributed by atoms with Gasteiger partial charge in [-0.05, 0) is 19.3 Å². The van der Waals surface area contributed by atoms with Crippen molar-refractivity contribution in [1.82, 2.24) is 0 Å². The maximum atomic E-state index is 10.1. The monoisotopic (exact) mass is 329 g/mol. The Morgan fingerprint density at radius 1 is 0.870 bits per heavy atom. The molecule has 0 saturated carbocycles. The molecule has 0 bridgehead atoms. The molecular formula is C18H35NO4. The van der Waals surface area contributed by atoms with Gasteiger partial charge < -0.3 is 14.2 Å². The average molecular weight is 329 g/mol. The molecule has 0 radical (unpaired) electrons. The predicted octanol–water partition coefficient (Wildman–Crippen LogP) is 4.45. The summed E-state index contributed by atoms with van der Waals surface area (Å²) in [6.07, 6.45) is 12.9. The van der Waals surface area contributed by atoms with Gasteiger partial charge in [-0.3, -0.25) is 0 Å². The van der Waals surface area contributed by atoms with Crippen molar-refractivity contribution in [3.8, 4) is 0 Å². The van der Waals surface area contributed by atoms with Crippen LogP contribution in [0, 0.1) is 5.92 Å². The fraction of sp³-hybridized carbons (Fsp3) is 0.944. The molecule has 0 aromatic heterocycles. The number of methoxy groups -OCH3 is 3.